The van der Waals surface area contributed by atoms with Gasteiger partial charge < -0.3 is 9.73 Å². The summed E-state index contributed by atoms with van der Waals surface area (Å²) in [5, 5.41) is 11.6. The summed E-state index contributed by atoms with van der Waals surface area (Å²) in [5.41, 5.74) is 1.81. The number of para-hydroxylation sites is 1. The number of benzene rings is 2. The number of thioether (sulfide) groups is 1. The highest BCUT2D eigenvalue weighted by Gasteiger charge is 2.19. The van der Waals surface area contributed by atoms with Crippen LogP contribution in [0.15, 0.2) is 70.4 Å². The molecule has 1 N–H and O–H groups in total. The van der Waals surface area contributed by atoms with Gasteiger partial charge in [0.05, 0.1) is 17.6 Å². The van der Waals surface area contributed by atoms with E-state index in [2.05, 4.69) is 15.5 Å². The predicted octanol–water partition coefficient (Wildman–Crippen LogP) is 4.84. The number of furan rings is 1. The molecule has 9 heteroatoms. The Bertz CT molecular complexity index is 1190. The van der Waals surface area contributed by atoms with Gasteiger partial charge in [0.25, 0.3) is 0 Å². The van der Waals surface area contributed by atoms with Crippen molar-refractivity contribution in [3.05, 3.63) is 78.3 Å². The maximum absolute atomic E-state index is 13.3. The fraction of sp³-hybridized carbons (Fsp3) is 0.0952. The molecule has 0 aliphatic heterocycles. The van der Waals surface area contributed by atoms with Gasteiger partial charge in [0.15, 0.2) is 22.6 Å². The summed E-state index contributed by atoms with van der Waals surface area (Å²) >= 11 is 1.18. The zero-order valence-electron chi connectivity index (χ0n) is 15.8. The molecular weight excluding hydrogens is 410 g/mol. The molecule has 2 aromatic carbocycles. The summed E-state index contributed by atoms with van der Waals surface area (Å²) < 4.78 is 33.6. The van der Waals surface area contributed by atoms with E-state index in [1.807, 2.05) is 47.9 Å². The average molecular weight is 426 g/mol. The zero-order chi connectivity index (χ0) is 21.1. The van der Waals surface area contributed by atoms with Crippen molar-refractivity contribution in [2.24, 2.45) is 0 Å². The predicted molar refractivity (Wildman–Crippen MR) is 110 cm³/mol. The average Bonchev–Trinajstić information content (AvgIpc) is 3.35. The summed E-state index contributed by atoms with van der Waals surface area (Å²) in [6.45, 7) is 1.83. The van der Waals surface area contributed by atoms with E-state index in [0.29, 0.717) is 16.7 Å². The number of hydrogen-bond acceptors (Lipinski definition) is 5. The second kappa shape index (κ2) is 8.50. The van der Waals surface area contributed by atoms with Gasteiger partial charge in [0.1, 0.15) is 5.76 Å². The minimum Gasteiger partial charge on any atom is -0.469 e. The monoisotopic (exact) mass is 426 g/mol. The van der Waals surface area contributed by atoms with Crippen molar-refractivity contribution < 1.29 is 18.0 Å². The Morgan fingerprint density at radius 3 is 2.60 bits per heavy atom. The number of aryl methyl sites for hydroxylation is 1. The fourth-order valence-corrected chi connectivity index (χ4v) is 3.62. The third kappa shape index (κ3) is 4.11. The zero-order valence-corrected chi connectivity index (χ0v) is 16.6. The number of nitrogens with one attached hydrogen (secondary N) is 1. The number of anilines is 1. The fourth-order valence-electron chi connectivity index (χ4n) is 2.87. The molecule has 2 heterocycles. The van der Waals surface area contributed by atoms with Crippen molar-refractivity contribution in [2.75, 3.05) is 11.1 Å². The normalized spacial score (nSPS) is 10.9. The first-order valence-electron chi connectivity index (χ1n) is 8.96. The van der Waals surface area contributed by atoms with Gasteiger partial charge in [-0.1, -0.05) is 30.0 Å². The first-order chi connectivity index (χ1) is 14.5. The second-order valence-corrected chi connectivity index (χ2v) is 7.28. The van der Waals surface area contributed by atoms with Crippen molar-refractivity contribution in [3.8, 4) is 17.1 Å². The molecule has 1 amide bonds. The van der Waals surface area contributed by atoms with E-state index >= 15 is 0 Å². The first kappa shape index (κ1) is 19.8. The van der Waals surface area contributed by atoms with Crippen LogP contribution in [0.4, 0.5) is 14.5 Å². The Hall–Kier alpha value is -3.46. The lowest BCUT2D eigenvalue weighted by Crippen LogP contribution is -2.15. The van der Waals surface area contributed by atoms with Crippen LogP contribution >= 0.6 is 11.8 Å². The lowest BCUT2D eigenvalue weighted by atomic mass is 10.2. The van der Waals surface area contributed by atoms with Crippen LogP contribution in [0.1, 0.15) is 5.76 Å². The van der Waals surface area contributed by atoms with Crippen molar-refractivity contribution >= 4 is 23.4 Å². The molecule has 6 nitrogen and oxygen atoms in total. The van der Waals surface area contributed by atoms with Crippen molar-refractivity contribution in [1.82, 2.24) is 14.8 Å². The highest BCUT2D eigenvalue weighted by molar-refractivity contribution is 7.99. The molecule has 30 heavy (non-hydrogen) atoms. The van der Waals surface area contributed by atoms with Crippen LogP contribution in [0.5, 0.6) is 0 Å². The van der Waals surface area contributed by atoms with Crippen molar-refractivity contribution in [2.45, 2.75) is 12.1 Å². The van der Waals surface area contributed by atoms with Gasteiger partial charge in [-0.2, -0.15) is 0 Å². The molecule has 0 bridgehead atoms. The molecule has 0 aliphatic carbocycles. The Morgan fingerprint density at radius 2 is 1.90 bits per heavy atom. The molecule has 0 unspecified atom stereocenters. The van der Waals surface area contributed by atoms with Crippen LogP contribution < -0.4 is 5.32 Å². The molecule has 2 aromatic heterocycles. The van der Waals surface area contributed by atoms with Gasteiger partial charge in [0.2, 0.25) is 5.91 Å². The Kier molecular flexibility index (Phi) is 5.62. The Labute approximate surface area is 174 Å². The molecule has 0 aliphatic rings. The van der Waals surface area contributed by atoms with Gasteiger partial charge in [0, 0.05) is 17.4 Å². The highest BCUT2D eigenvalue weighted by atomic mass is 32.2. The summed E-state index contributed by atoms with van der Waals surface area (Å²) in [6.07, 6.45) is 1.58. The van der Waals surface area contributed by atoms with Gasteiger partial charge in [-0.05, 0) is 37.3 Å². The number of carbonyl (C=O) groups is 1. The minimum atomic E-state index is -1.02. The van der Waals surface area contributed by atoms with Crippen LogP contribution in [-0.2, 0) is 4.79 Å². The number of amides is 1. The van der Waals surface area contributed by atoms with Crippen LogP contribution in [0.25, 0.3) is 17.1 Å². The van der Waals surface area contributed by atoms with E-state index in [0.717, 1.165) is 23.4 Å². The number of aromatic nitrogens is 3. The van der Waals surface area contributed by atoms with Crippen LogP contribution in [-0.4, -0.2) is 26.4 Å². The number of hydrogen-bond donors (Lipinski definition) is 1. The minimum absolute atomic E-state index is 0.00827. The largest absolute Gasteiger partial charge is 0.469 e. The first-order valence-corrected chi connectivity index (χ1v) is 9.94. The molecule has 0 radical (unpaired) electrons. The van der Waals surface area contributed by atoms with Crippen LogP contribution in [0, 0.1) is 18.6 Å². The van der Waals surface area contributed by atoms with Crippen molar-refractivity contribution in [3.63, 3.8) is 0 Å². The number of rotatable bonds is 6. The lowest BCUT2D eigenvalue weighted by molar-refractivity contribution is -0.113. The molecule has 0 saturated carbocycles. The Morgan fingerprint density at radius 1 is 1.10 bits per heavy atom. The highest BCUT2D eigenvalue weighted by Crippen LogP contribution is 2.30. The summed E-state index contributed by atoms with van der Waals surface area (Å²) in [6, 6.07) is 14.5. The second-order valence-electron chi connectivity index (χ2n) is 6.33. The van der Waals surface area contributed by atoms with Gasteiger partial charge >= 0.3 is 0 Å². The van der Waals surface area contributed by atoms with E-state index < -0.39 is 11.6 Å². The molecular formula is C21H16F2N4O2S. The van der Waals surface area contributed by atoms with E-state index in [9.17, 15) is 13.6 Å². The third-order valence-electron chi connectivity index (χ3n) is 4.28. The number of halogens is 2. The third-order valence-corrected chi connectivity index (χ3v) is 5.21. The Balaban J connectivity index is 1.57. The molecule has 0 saturated heterocycles. The SMILES string of the molecule is Cc1occc1-c1nnc(SCC(=O)Nc2ccc(F)c(F)c2)n1-c1ccccc1. The van der Waals surface area contributed by atoms with Gasteiger partial charge in [-0.3, -0.25) is 9.36 Å². The number of carbonyl (C=O) groups excluding carboxylic acids is 1. The quantitative estimate of drug-likeness (QED) is 0.447. The van der Waals surface area contributed by atoms with Gasteiger partial charge in [-0.15, -0.1) is 10.2 Å². The standard InChI is InChI=1S/C21H16F2N4O2S/c1-13-16(9-10-29-13)20-25-26-21(27(20)15-5-3-2-4-6-15)30-12-19(28)24-14-7-8-17(22)18(23)11-14/h2-11H,12H2,1H3,(H,24,28). The van der Waals surface area contributed by atoms with E-state index in [1.165, 1.54) is 17.8 Å². The topological polar surface area (TPSA) is 72.9 Å². The van der Waals surface area contributed by atoms with E-state index in [1.54, 1.807) is 6.26 Å². The van der Waals surface area contributed by atoms with Crippen LogP contribution in [0.3, 0.4) is 0 Å². The molecule has 0 spiro atoms. The van der Waals surface area contributed by atoms with Crippen molar-refractivity contribution in [1.29, 1.82) is 0 Å². The molecule has 152 valence electrons. The molecule has 0 fully saturated rings. The molecule has 4 aromatic rings. The number of nitrogens with zero attached hydrogens (tertiary/aromatic N) is 3. The van der Waals surface area contributed by atoms with E-state index in [-0.39, 0.29) is 17.3 Å². The molecule has 4 rings (SSSR count). The maximum atomic E-state index is 13.3. The van der Waals surface area contributed by atoms with E-state index in [4.69, 9.17) is 4.42 Å². The molecule has 0 atom stereocenters. The lowest BCUT2D eigenvalue weighted by Gasteiger charge is -2.10. The smallest absolute Gasteiger partial charge is 0.234 e. The van der Waals surface area contributed by atoms with Crippen LogP contribution in [0.2, 0.25) is 0 Å². The summed E-state index contributed by atoms with van der Waals surface area (Å²) in [5.74, 6) is -1.07. The summed E-state index contributed by atoms with van der Waals surface area (Å²) in [7, 11) is 0. The maximum Gasteiger partial charge on any atom is 0.234 e. The summed E-state index contributed by atoms with van der Waals surface area (Å²) in [4.78, 5) is 12.3. The van der Waals surface area contributed by atoms with Gasteiger partial charge in [-0.25, -0.2) is 8.78 Å².